The maximum absolute atomic E-state index is 12.4. The summed E-state index contributed by atoms with van der Waals surface area (Å²) in [7, 11) is -3.71. The van der Waals surface area contributed by atoms with Gasteiger partial charge >= 0.3 is 10.1 Å². The van der Waals surface area contributed by atoms with E-state index in [1.165, 1.54) is 12.1 Å². The number of allylic oxidation sites excluding steroid dienone is 1. The van der Waals surface area contributed by atoms with Crippen LogP contribution in [0.5, 0.6) is 5.75 Å². The van der Waals surface area contributed by atoms with Crippen molar-refractivity contribution in [2.24, 2.45) is 5.92 Å². The molecular weight excluding hydrogens is 385 g/mol. The number of carbonyl (C=O) groups excluding carboxylic acids is 1. The Balaban J connectivity index is 3.13. The molecule has 0 bridgehead atoms. The molecule has 1 atom stereocenters. The fourth-order valence-corrected chi connectivity index (χ4v) is 2.81. The zero-order valence-corrected chi connectivity index (χ0v) is 17.0. The zero-order valence-electron chi connectivity index (χ0n) is 14.7. The third-order valence-electron chi connectivity index (χ3n) is 3.03. The lowest BCUT2D eigenvalue weighted by atomic mass is 10.1. The fourth-order valence-electron chi connectivity index (χ4n) is 2.10. The predicted molar refractivity (Wildman–Crippen MR) is 102 cm³/mol. The van der Waals surface area contributed by atoms with Crippen molar-refractivity contribution < 1.29 is 17.4 Å². The molecule has 0 heterocycles. The van der Waals surface area contributed by atoms with Crippen LogP contribution < -0.4 is 4.18 Å². The summed E-state index contributed by atoms with van der Waals surface area (Å²) < 4.78 is 27.9. The first-order chi connectivity index (χ1) is 11.5. The highest BCUT2D eigenvalue weighted by Crippen LogP contribution is 2.26. The number of halogens is 2. The number of amides is 1. The van der Waals surface area contributed by atoms with Crippen LogP contribution in [0, 0.1) is 5.92 Å². The second kappa shape index (κ2) is 9.46. The highest BCUT2D eigenvalue weighted by molar-refractivity contribution is 7.86. The van der Waals surface area contributed by atoms with E-state index < -0.39 is 10.1 Å². The summed E-state index contributed by atoms with van der Waals surface area (Å²) in [6.07, 6.45) is 3.99. The number of benzene rings is 1. The molecule has 0 aliphatic rings. The Morgan fingerprint density at radius 3 is 2.48 bits per heavy atom. The van der Waals surface area contributed by atoms with E-state index in [0.717, 1.165) is 6.26 Å². The molecule has 1 unspecified atom stereocenters. The van der Waals surface area contributed by atoms with Crippen molar-refractivity contribution in [2.75, 3.05) is 12.8 Å². The second-order valence-corrected chi connectivity index (χ2v) is 8.89. The molecule has 1 rings (SSSR count). The Morgan fingerprint density at radius 2 is 1.96 bits per heavy atom. The summed E-state index contributed by atoms with van der Waals surface area (Å²) in [6, 6.07) is 4.70. The van der Waals surface area contributed by atoms with Crippen LogP contribution in [0.3, 0.4) is 0 Å². The molecule has 8 heteroatoms. The van der Waals surface area contributed by atoms with Gasteiger partial charge in [-0.05, 0) is 18.9 Å². The molecule has 25 heavy (non-hydrogen) atoms. The Kier molecular flexibility index (Phi) is 8.25. The first-order valence-corrected chi connectivity index (χ1v) is 10.4. The van der Waals surface area contributed by atoms with Crippen molar-refractivity contribution in [1.82, 2.24) is 4.90 Å². The minimum Gasteiger partial charge on any atom is -0.382 e. The van der Waals surface area contributed by atoms with Gasteiger partial charge in [0.05, 0.1) is 6.26 Å². The zero-order chi connectivity index (χ0) is 19.2. The summed E-state index contributed by atoms with van der Waals surface area (Å²) >= 11 is 11.8. The maximum atomic E-state index is 12.4. The summed E-state index contributed by atoms with van der Waals surface area (Å²) in [5, 5.41) is 0.0875. The van der Waals surface area contributed by atoms with Gasteiger partial charge in [0.25, 0.3) is 0 Å². The Hall–Kier alpha value is -1.24. The van der Waals surface area contributed by atoms with Crippen molar-refractivity contribution >= 4 is 39.2 Å². The van der Waals surface area contributed by atoms with Crippen LogP contribution in [0.15, 0.2) is 30.4 Å². The van der Waals surface area contributed by atoms with Crippen LogP contribution in [-0.4, -0.2) is 37.4 Å². The molecule has 0 radical (unpaired) electrons. The molecule has 140 valence electrons. The van der Waals surface area contributed by atoms with Crippen LogP contribution >= 0.6 is 23.2 Å². The number of hydrogen-bond acceptors (Lipinski definition) is 4. The van der Waals surface area contributed by atoms with Crippen LogP contribution in [0.25, 0.3) is 0 Å². The molecule has 1 aromatic rings. The van der Waals surface area contributed by atoms with E-state index in [-0.39, 0.29) is 29.5 Å². The van der Waals surface area contributed by atoms with Crippen molar-refractivity contribution in [3.8, 4) is 5.75 Å². The molecule has 0 saturated heterocycles. The van der Waals surface area contributed by atoms with Gasteiger partial charge in [-0.15, -0.1) is 11.6 Å². The third-order valence-corrected chi connectivity index (χ3v) is 3.90. The van der Waals surface area contributed by atoms with Crippen LogP contribution in [-0.2, 0) is 21.5 Å². The Labute approximate surface area is 159 Å². The monoisotopic (exact) mass is 407 g/mol. The molecule has 0 aromatic heterocycles. The highest BCUT2D eigenvalue weighted by Gasteiger charge is 2.18. The molecule has 0 spiro atoms. The minimum absolute atomic E-state index is 0.117. The van der Waals surface area contributed by atoms with Crippen molar-refractivity contribution in [3.63, 3.8) is 0 Å². The van der Waals surface area contributed by atoms with Gasteiger partial charge in [-0.2, -0.15) is 8.42 Å². The second-order valence-electron chi connectivity index (χ2n) is 6.19. The third kappa shape index (κ3) is 8.61. The lowest BCUT2D eigenvalue weighted by Gasteiger charge is -2.24. The van der Waals surface area contributed by atoms with Gasteiger partial charge in [-0.3, -0.25) is 4.79 Å². The van der Waals surface area contributed by atoms with Crippen molar-refractivity contribution in [2.45, 2.75) is 32.7 Å². The van der Waals surface area contributed by atoms with Crippen LogP contribution in [0.4, 0.5) is 0 Å². The first-order valence-electron chi connectivity index (χ1n) is 7.77. The first kappa shape index (κ1) is 21.8. The molecule has 0 N–H and O–H groups in total. The Bertz CT molecular complexity index is 730. The van der Waals surface area contributed by atoms with Gasteiger partial charge < -0.3 is 9.08 Å². The number of nitrogens with zero attached hydrogens (tertiary/aromatic N) is 1. The summed E-state index contributed by atoms with van der Waals surface area (Å²) in [4.78, 5) is 14.1. The van der Waals surface area contributed by atoms with E-state index >= 15 is 0 Å². The van der Waals surface area contributed by atoms with E-state index in [2.05, 4.69) is 0 Å². The minimum atomic E-state index is -3.71. The lowest BCUT2D eigenvalue weighted by molar-refractivity contribution is -0.127. The number of carbonyl (C=O) groups is 1. The van der Waals surface area contributed by atoms with E-state index in [4.69, 9.17) is 27.4 Å². The molecular formula is C17H23Cl2NO4S. The van der Waals surface area contributed by atoms with Crippen molar-refractivity contribution in [1.29, 1.82) is 0 Å². The molecule has 1 aromatic carbocycles. The number of alkyl halides is 1. The normalized spacial score (nSPS) is 13.2. The summed E-state index contributed by atoms with van der Waals surface area (Å²) in [5.41, 5.74) is 0.552. The summed E-state index contributed by atoms with van der Waals surface area (Å²) in [6.45, 7) is 6.43. The lowest BCUT2D eigenvalue weighted by Crippen LogP contribution is -2.32. The van der Waals surface area contributed by atoms with Gasteiger partial charge in [-0.25, -0.2) is 0 Å². The fraction of sp³-hybridized carbons (Fsp3) is 0.471. The molecule has 0 aliphatic carbocycles. The molecule has 0 fully saturated rings. The standard InChI is InChI=1S/C17H23Cl2NO4S/c1-12(2)10-20(17(21)8-5-13(3)18)11-14-6-7-15(19)9-16(14)24-25(4,22)23/h5-9,12-13H,10-11H2,1-4H3/b8-5+. The predicted octanol–water partition coefficient (Wildman–Crippen LogP) is 3.85. The number of rotatable bonds is 8. The van der Waals surface area contributed by atoms with Crippen LogP contribution in [0.1, 0.15) is 26.3 Å². The SMILES string of the molecule is CC(Cl)/C=C/C(=O)N(Cc1ccc(Cl)cc1OS(C)(=O)=O)CC(C)C. The van der Waals surface area contributed by atoms with Gasteiger partial charge in [-0.1, -0.05) is 37.6 Å². The average molecular weight is 408 g/mol. The van der Waals surface area contributed by atoms with Crippen molar-refractivity contribution in [3.05, 3.63) is 40.9 Å². The van der Waals surface area contributed by atoms with Gasteiger partial charge in [0.15, 0.2) is 0 Å². The van der Waals surface area contributed by atoms with E-state index in [1.807, 2.05) is 13.8 Å². The van der Waals surface area contributed by atoms with Gasteiger partial charge in [0, 0.05) is 41.2 Å². The quantitative estimate of drug-likeness (QED) is 0.373. The molecule has 0 saturated carbocycles. The number of hydrogen-bond donors (Lipinski definition) is 0. The van der Waals surface area contributed by atoms with E-state index in [1.54, 1.807) is 30.0 Å². The maximum Gasteiger partial charge on any atom is 0.306 e. The van der Waals surface area contributed by atoms with E-state index in [9.17, 15) is 13.2 Å². The molecule has 1 amide bonds. The van der Waals surface area contributed by atoms with Crippen LogP contribution in [0.2, 0.25) is 5.02 Å². The topological polar surface area (TPSA) is 63.7 Å². The Morgan fingerprint density at radius 1 is 1.32 bits per heavy atom. The van der Waals surface area contributed by atoms with Gasteiger partial charge in [0.1, 0.15) is 5.75 Å². The van der Waals surface area contributed by atoms with E-state index in [0.29, 0.717) is 17.1 Å². The smallest absolute Gasteiger partial charge is 0.306 e. The average Bonchev–Trinajstić information content (AvgIpc) is 2.44. The molecule has 5 nitrogen and oxygen atoms in total. The summed E-state index contributed by atoms with van der Waals surface area (Å²) in [5.74, 6) is 0.144. The van der Waals surface area contributed by atoms with Gasteiger partial charge in [0.2, 0.25) is 5.91 Å². The largest absolute Gasteiger partial charge is 0.382 e. The molecule has 0 aliphatic heterocycles. The highest BCUT2D eigenvalue weighted by atomic mass is 35.5.